The summed E-state index contributed by atoms with van der Waals surface area (Å²) < 4.78 is 5.35. The second kappa shape index (κ2) is 8.23. The van der Waals surface area contributed by atoms with E-state index in [2.05, 4.69) is 21.8 Å². The predicted octanol–water partition coefficient (Wildman–Crippen LogP) is 2.08. The van der Waals surface area contributed by atoms with Gasteiger partial charge in [-0.15, -0.1) is 0 Å². The minimum atomic E-state index is 0.884. The molecular weight excluding hydrogens is 238 g/mol. The van der Waals surface area contributed by atoms with E-state index in [1.54, 1.807) is 0 Å². The van der Waals surface area contributed by atoms with Gasteiger partial charge in [0.25, 0.3) is 0 Å². The molecule has 0 unspecified atom stereocenters. The van der Waals surface area contributed by atoms with Crippen molar-refractivity contribution < 1.29 is 4.74 Å². The zero-order valence-corrected chi connectivity index (χ0v) is 12.0. The molecule has 1 fully saturated rings. The van der Waals surface area contributed by atoms with Gasteiger partial charge in [0.15, 0.2) is 0 Å². The van der Waals surface area contributed by atoms with Crippen molar-refractivity contribution in [2.24, 2.45) is 0 Å². The van der Waals surface area contributed by atoms with Crippen LogP contribution in [0.2, 0.25) is 0 Å². The van der Waals surface area contributed by atoms with Crippen LogP contribution >= 0.6 is 0 Å². The first-order valence-corrected chi connectivity index (χ1v) is 7.48. The third-order valence-electron chi connectivity index (χ3n) is 3.56. The fourth-order valence-corrected chi connectivity index (χ4v) is 2.31. The number of rotatable bonds is 7. The summed E-state index contributed by atoms with van der Waals surface area (Å²) in [6, 6.07) is 0. The first kappa shape index (κ1) is 14.4. The second-order valence-corrected chi connectivity index (χ2v) is 5.17. The Morgan fingerprint density at radius 3 is 2.53 bits per heavy atom. The zero-order chi connectivity index (χ0) is 13.3. The number of hydrogen-bond acceptors (Lipinski definition) is 4. The van der Waals surface area contributed by atoms with Gasteiger partial charge >= 0.3 is 0 Å². The Bertz CT molecular complexity index is 347. The van der Waals surface area contributed by atoms with E-state index in [0.29, 0.717) is 0 Å². The lowest BCUT2D eigenvalue weighted by atomic mass is 10.2. The summed E-state index contributed by atoms with van der Waals surface area (Å²) >= 11 is 0. The van der Waals surface area contributed by atoms with E-state index in [0.717, 1.165) is 51.5 Å². The fraction of sp³-hybridized carbons (Fsp3) is 0.733. The number of hydrogen-bond donors (Lipinski definition) is 0. The summed E-state index contributed by atoms with van der Waals surface area (Å²) in [5.41, 5.74) is 1.26. The number of morpholine rings is 1. The maximum absolute atomic E-state index is 5.35. The molecule has 19 heavy (non-hydrogen) atoms. The zero-order valence-electron chi connectivity index (χ0n) is 12.0. The molecule has 0 amide bonds. The van der Waals surface area contributed by atoms with Crippen LogP contribution in [0, 0.1) is 0 Å². The molecule has 0 N–H and O–H groups in total. The molecule has 4 heteroatoms. The summed E-state index contributed by atoms with van der Waals surface area (Å²) in [5.74, 6) is 0.985. The maximum atomic E-state index is 5.35. The van der Waals surface area contributed by atoms with Gasteiger partial charge in [-0.1, -0.05) is 13.3 Å². The second-order valence-electron chi connectivity index (χ2n) is 5.17. The van der Waals surface area contributed by atoms with Crippen LogP contribution in [0.4, 0.5) is 0 Å². The van der Waals surface area contributed by atoms with Gasteiger partial charge in [-0.05, 0) is 31.4 Å². The highest BCUT2D eigenvalue weighted by molar-refractivity contribution is 5.05. The van der Waals surface area contributed by atoms with E-state index in [9.17, 15) is 0 Å². The molecule has 1 aliphatic heterocycles. The lowest BCUT2D eigenvalue weighted by Crippen LogP contribution is -2.36. The number of aryl methyl sites for hydroxylation is 2. The quantitative estimate of drug-likeness (QED) is 0.755. The summed E-state index contributed by atoms with van der Waals surface area (Å²) in [6.07, 6.45) is 9.63. The first-order valence-electron chi connectivity index (χ1n) is 7.48. The normalized spacial score (nSPS) is 16.7. The number of aromatic nitrogens is 2. The van der Waals surface area contributed by atoms with E-state index in [-0.39, 0.29) is 0 Å². The summed E-state index contributed by atoms with van der Waals surface area (Å²) in [7, 11) is 0. The van der Waals surface area contributed by atoms with Crippen molar-refractivity contribution in [1.82, 2.24) is 14.9 Å². The minimum Gasteiger partial charge on any atom is -0.379 e. The van der Waals surface area contributed by atoms with E-state index < -0.39 is 0 Å². The van der Waals surface area contributed by atoms with Gasteiger partial charge in [0.2, 0.25) is 0 Å². The van der Waals surface area contributed by atoms with E-state index in [1.807, 2.05) is 12.4 Å². The van der Waals surface area contributed by atoms with Crippen molar-refractivity contribution in [1.29, 1.82) is 0 Å². The van der Waals surface area contributed by atoms with E-state index >= 15 is 0 Å². The average molecular weight is 263 g/mol. The molecule has 0 aliphatic carbocycles. The van der Waals surface area contributed by atoms with Gasteiger partial charge in [0.05, 0.1) is 13.2 Å². The van der Waals surface area contributed by atoms with Gasteiger partial charge in [-0.3, -0.25) is 4.90 Å². The Balaban J connectivity index is 1.67. The predicted molar refractivity (Wildman–Crippen MR) is 76.2 cm³/mol. The molecule has 2 heterocycles. The van der Waals surface area contributed by atoms with Crippen molar-refractivity contribution in [2.75, 3.05) is 32.8 Å². The Hall–Kier alpha value is -1.00. The molecular formula is C15H25N3O. The minimum absolute atomic E-state index is 0.884. The molecule has 0 atom stereocenters. The van der Waals surface area contributed by atoms with Gasteiger partial charge in [-0.25, -0.2) is 9.97 Å². The molecule has 0 saturated carbocycles. The van der Waals surface area contributed by atoms with Crippen molar-refractivity contribution in [3.8, 4) is 0 Å². The molecule has 2 rings (SSSR count). The number of ether oxygens (including phenoxy) is 1. The third-order valence-corrected chi connectivity index (χ3v) is 3.56. The van der Waals surface area contributed by atoms with Crippen molar-refractivity contribution >= 4 is 0 Å². The summed E-state index contributed by atoms with van der Waals surface area (Å²) in [5, 5.41) is 0. The Labute approximate surface area is 116 Å². The SMILES string of the molecule is CCCCc1ncc(CCCN2CCOCC2)cn1. The van der Waals surface area contributed by atoms with E-state index in [1.165, 1.54) is 24.8 Å². The van der Waals surface area contributed by atoms with Crippen LogP contribution in [0.5, 0.6) is 0 Å². The van der Waals surface area contributed by atoms with Crippen molar-refractivity contribution in [3.63, 3.8) is 0 Å². The van der Waals surface area contributed by atoms with Crippen LogP contribution in [-0.4, -0.2) is 47.7 Å². The standard InChI is InChI=1S/C15H25N3O/c1-2-3-6-15-16-12-14(13-17-15)5-4-7-18-8-10-19-11-9-18/h12-13H,2-11H2,1H3. The van der Waals surface area contributed by atoms with Gasteiger partial charge in [0, 0.05) is 31.9 Å². The maximum Gasteiger partial charge on any atom is 0.128 e. The monoisotopic (exact) mass is 263 g/mol. The van der Waals surface area contributed by atoms with Crippen LogP contribution in [0.3, 0.4) is 0 Å². The molecule has 1 aromatic rings. The Morgan fingerprint density at radius 1 is 1.11 bits per heavy atom. The van der Waals surface area contributed by atoms with Crippen molar-refractivity contribution in [2.45, 2.75) is 39.0 Å². The highest BCUT2D eigenvalue weighted by Crippen LogP contribution is 2.05. The van der Waals surface area contributed by atoms with Crippen LogP contribution in [0.15, 0.2) is 12.4 Å². The van der Waals surface area contributed by atoms with E-state index in [4.69, 9.17) is 4.74 Å². The highest BCUT2D eigenvalue weighted by Gasteiger charge is 2.09. The lowest BCUT2D eigenvalue weighted by Gasteiger charge is -2.26. The fourth-order valence-electron chi connectivity index (χ4n) is 2.31. The van der Waals surface area contributed by atoms with Crippen molar-refractivity contribution in [3.05, 3.63) is 23.8 Å². The first-order chi connectivity index (χ1) is 9.38. The average Bonchev–Trinajstić information content (AvgIpc) is 2.47. The molecule has 0 radical (unpaired) electrons. The molecule has 0 aromatic carbocycles. The molecule has 0 bridgehead atoms. The Morgan fingerprint density at radius 2 is 1.84 bits per heavy atom. The Kier molecular flexibility index (Phi) is 6.24. The van der Waals surface area contributed by atoms with Gasteiger partial charge in [0.1, 0.15) is 5.82 Å². The van der Waals surface area contributed by atoms with Crippen LogP contribution in [-0.2, 0) is 17.6 Å². The lowest BCUT2D eigenvalue weighted by molar-refractivity contribution is 0.0374. The van der Waals surface area contributed by atoms with Crippen LogP contribution in [0.25, 0.3) is 0 Å². The molecule has 4 nitrogen and oxygen atoms in total. The van der Waals surface area contributed by atoms with Crippen LogP contribution < -0.4 is 0 Å². The third kappa shape index (κ3) is 5.25. The molecule has 1 saturated heterocycles. The number of nitrogens with zero attached hydrogens (tertiary/aromatic N) is 3. The molecule has 106 valence electrons. The molecule has 1 aliphatic rings. The topological polar surface area (TPSA) is 38.2 Å². The number of unbranched alkanes of at least 4 members (excludes halogenated alkanes) is 1. The highest BCUT2D eigenvalue weighted by atomic mass is 16.5. The molecule has 1 aromatic heterocycles. The van der Waals surface area contributed by atoms with Crippen LogP contribution in [0.1, 0.15) is 37.6 Å². The smallest absolute Gasteiger partial charge is 0.128 e. The summed E-state index contributed by atoms with van der Waals surface area (Å²) in [6.45, 7) is 7.27. The molecule has 0 spiro atoms. The summed E-state index contributed by atoms with van der Waals surface area (Å²) in [4.78, 5) is 11.3. The largest absolute Gasteiger partial charge is 0.379 e. The van der Waals surface area contributed by atoms with Gasteiger partial charge in [-0.2, -0.15) is 0 Å². The van der Waals surface area contributed by atoms with Gasteiger partial charge < -0.3 is 4.74 Å².